The Hall–Kier alpha value is -2.42. The van der Waals surface area contributed by atoms with Crippen molar-refractivity contribution < 1.29 is 13.9 Å². The highest BCUT2D eigenvalue weighted by atomic mass is 19.1. The molecule has 3 heteroatoms. The highest BCUT2D eigenvalue weighted by Crippen LogP contribution is 2.27. The quantitative estimate of drug-likeness (QED) is 0.626. The van der Waals surface area contributed by atoms with Crippen molar-refractivity contribution >= 4 is 11.5 Å². The van der Waals surface area contributed by atoms with E-state index in [0.717, 1.165) is 16.7 Å². The maximum Gasteiger partial charge on any atom is 0.334 e. The molecule has 0 radical (unpaired) electrons. The summed E-state index contributed by atoms with van der Waals surface area (Å²) in [7, 11) is 1.35. The zero-order valence-electron chi connectivity index (χ0n) is 11.4. The molecule has 0 saturated heterocycles. The lowest BCUT2D eigenvalue weighted by Crippen LogP contribution is -2.05. The molecule has 2 aromatic rings. The Balaban J connectivity index is 2.62. The average Bonchev–Trinajstić information content (AvgIpc) is 2.49. The van der Waals surface area contributed by atoms with Gasteiger partial charge in [0.25, 0.3) is 0 Å². The lowest BCUT2D eigenvalue weighted by molar-refractivity contribution is -0.135. The van der Waals surface area contributed by atoms with E-state index in [1.54, 1.807) is 19.1 Å². The molecule has 0 saturated carbocycles. The molecule has 0 unspecified atom stereocenters. The lowest BCUT2D eigenvalue weighted by Gasteiger charge is -2.12. The number of benzene rings is 2. The molecule has 0 fully saturated rings. The molecule has 0 bridgehead atoms. The van der Waals surface area contributed by atoms with Gasteiger partial charge in [0, 0.05) is 5.57 Å². The van der Waals surface area contributed by atoms with E-state index in [-0.39, 0.29) is 5.82 Å². The largest absolute Gasteiger partial charge is 0.466 e. The summed E-state index contributed by atoms with van der Waals surface area (Å²) >= 11 is 0. The van der Waals surface area contributed by atoms with E-state index >= 15 is 0 Å². The second kappa shape index (κ2) is 6.15. The second-order valence-electron chi connectivity index (χ2n) is 4.36. The summed E-state index contributed by atoms with van der Waals surface area (Å²) in [4.78, 5) is 11.8. The van der Waals surface area contributed by atoms with Gasteiger partial charge >= 0.3 is 5.97 Å². The van der Waals surface area contributed by atoms with Crippen LogP contribution in [0.5, 0.6) is 0 Å². The predicted molar refractivity (Wildman–Crippen MR) is 76.6 cm³/mol. The number of carbonyl (C=O) groups excluding carboxylic acids is 1. The molecule has 20 heavy (non-hydrogen) atoms. The molecule has 0 heterocycles. The summed E-state index contributed by atoms with van der Waals surface area (Å²) in [6, 6.07) is 15.6. The highest BCUT2D eigenvalue weighted by Gasteiger charge is 2.14. The summed E-state index contributed by atoms with van der Waals surface area (Å²) < 4.78 is 17.9. The van der Waals surface area contributed by atoms with Crippen LogP contribution in [-0.2, 0) is 9.53 Å². The van der Waals surface area contributed by atoms with E-state index in [4.69, 9.17) is 4.74 Å². The Morgan fingerprint density at radius 2 is 1.50 bits per heavy atom. The summed E-state index contributed by atoms with van der Waals surface area (Å²) in [5.74, 6) is -0.704. The van der Waals surface area contributed by atoms with Crippen molar-refractivity contribution in [3.63, 3.8) is 0 Å². The maximum absolute atomic E-state index is 13.1. The fourth-order valence-electron chi connectivity index (χ4n) is 2.08. The van der Waals surface area contributed by atoms with E-state index in [0.29, 0.717) is 5.57 Å². The van der Waals surface area contributed by atoms with Crippen molar-refractivity contribution in [1.82, 2.24) is 0 Å². The van der Waals surface area contributed by atoms with Gasteiger partial charge in [-0.15, -0.1) is 0 Å². The van der Waals surface area contributed by atoms with Crippen LogP contribution in [0, 0.1) is 5.82 Å². The third kappa shape index (κ3) is 2.94. The highest BCUT2D eigenvalue weighted by molar-refractivity contribution is 6.01. The van der Waals surface area contributed by atoms with Gasteiger partial charge in [-0.3, -0.25) is 0 Å². The van der Waals surface area contributed by atoms with Crippen molar-refractivity contribution in [2.75, 3.05) is 7.11 Å². The normalized spacial score (nSPS) is 11.8. The fourth-order valence-corrected chi connectivity index (χ4v) is 2.08. The van der Waals surface area contributed by atoms with Gasteiger partial charge < -0.3 is 4.74 Å². The summed E-state index contributed by atoms with van der Waals surface area (Å²) in [6.45, 7) is 1.71. The van der Waals surface area contributed by atoms with E-state index in [1.165, 1.54) is 19.2 Å². The van der Waals surface area contributed by atoms with Crippen LogP contribution in [0.2, 0.25) is 0 Å². The number of hydrogen-bond acceptors (Lipinski definition) is 2. The number of halogens is 1. The van der Waals surface area contributed by atoms with Crippen LogP contribution in [0.15, 0.2) is 60.2 Å². The van der Waals surface area contributed by atoms with Crippen molar-refractivity contribution in [2.45, 2.75) is 6.92 Å². The van der Waals surface area contributed by atoms with Crippen LogP contribution < -0.4 is 0 Å². The van der Waals surface area contributed by atoms with Gasteiger partial charge in [-0.1, -0.05) is 42.5 Å². The Morgan fingerprint density at radius 3 is 2.05 bits per heavy atom. The zero-order valence-corrected chi connectivity index (χ0v) is 11.4. The van der Waals surface area contributed by atoms with Crippen LogP contribution in [0.4, 0.5) is 4.39 Å². The molecule has 102 valence electrons. The van der Waals surface area contributed by atoms with E-state index in [9.17, 15) is 9.18 Å². The van der Waals surface area contributed by atoms with Crippen molar-refractivity contribution in [3.8, 4) is 0 Å². The first kappa shape index (κ1) is 14.0. The van der Waals surface area contributed by atoms with Crippen molar-refractivity contribution in [1.29, 1.82) is 0 Å². The Labute approximate surface area is 117 Å². The van der Waals surface area contributed by atoms with Crippen molar-refractivity contribution in [3.05, 3.63) is 77.1 Å². The lowest BCUT2D eigenvalue weighted by atomic mass is 9.93. The van der Waals surface area contributed by atoms with Crippen LogP contribution in [0.3, 0.4) is 0 Å². The van der Waals surface area contributed by atoms with Gasteiger partial charge in [-0.25, -0.2) is 9.18 Å². The number of methoxy groups -OCH3 is 1. The molecule has 0 aliphatic carbocycles. The van der Waals surface area contributed by atoms with E-state index in [1.807, 2.05) is 30.3 Å². The van der Waals surface area contributed by atoms with E-state index in [2.05, 4.69) is 0 Å². The minimum atomic E-state index is -0.395. The van der Waals surface area contributed by atoms with Crippen LogP contribution in [0.25, 0.3) is 5.57 Å². The molecule has 0 aliphatic rings. The van der Waals surface area contributed by atoms with Crippen LogP contribution in [0.1, 0.15) is 18.1 Å². The number of rotatable bonds is 3. The van der Waals surface area contributed by atoms with Gasteiger partial charge in [0.15, 0.2) is 0 Å². The van der Waals surface area contributed by atoms with Crippen LogP contribution >= 0.6 is 0 Å². The number of hydrogen-bond donors (Lipinski definition) is 0. The SMILES string of the molecule is COC(=O)/C(C)=C(\c1ccccc1)c1ccc(F)cc1. The van der Waals surface area contributed by atoms with Gasteiger partial charge in [-0.05, 0) is 35.8 Å². The fraction of sp³-hybridized carbons (Fsp3) is 0.118. The summed E-state index contributed by atoms with van der Waals surface area (Å²) in [6.07, 6.45) is 0. The third-order valence-corrected chi connectivity index (χ3v) is 3.06. The molecule has 2 rings (SSSR count). The second-order valence-corrected chi connectivity index (χ2v) is 4.36. The molecule has 0 aromatic heterocycles. The average molecular weight is 270 g/mol. The molecule has 0 amide bonds. The zero-order chi connectivity index (χ0) is 14.5. The standard InChI is InChI=1S/C17H15FO2/c1-12(17(19)20-2)16(13-6-4-3-5-7-13)14-8-10-15(18)11-9-14/h3-11H,1-2H3/b16-12+. The maximum atomic E-state index is 13.1. The van der Waals surface area contributed by atoms with Gasteiger partial charge in [0.2, 0.25) is 0 Å². The molecule has 0 N–H and O–H groups in total. The first-order valence-electron chi connectivity index (χ1n) is 6.24. The Kier molecular flexibility index (Phi) is 4.31. The summed E-state index contributed by atoms with van der Waals surface area (Å²) in [5, 5.41) is 0. The number of ether oxygens (including phenoxy) is 1. The Bertz CT molecular complexity index is 628. The molecule has 0 atom stereocenters. The molecule has 0 spiro atoms. The molecule has 0 aliphatic heterocycles. The van der Waals surface area contributed by atoms with Gasteiger partial charge in [-0.2, -0.15) is 0 Å². The molecular weight excluding hydrogens is 255 g/mol. The minimum Gasteiger partial charge on any atom is -0.466 e. The Morgan fingerprint density at radius 1 is 0.950 bits per heavy atom. The molecule has 2 aromatic carbocycles. The number of esters is 1. The van der Waals surface area contributed by atoms with Gasteiger partial charge in [0.1, 0.15) is 5.82 Å². The van der Waals surface area contributed by atoms with Crippen LogP contribution in [-0.4, -0.2) is 13.1 Å². The molecule has 2 nitrogen and oxygen atoms in total. The smallest absolute Gasteiger partial charge is 0.334 e. The monoisotopic (exact) mass is 270 g/mol. The first-order valence-corrected chi connectivity index (χ1v) is 6.24. The summed E-state index contributed by atoms with van der Waals surface area (Å²) in [5.41, 5.74) is 2.91. The predicted octanol–water partition coefficient (Wildman–Crippen LogP) is 3.82. The minimum absolute atomic E-state index is 0.308. The topological polar surface area (TPSA) is 26.3 Å². The van der Waals surface area contributed by atoms with Crippen molar-refractivity contribution in [2.24, 2.45) is 0 Å². The third-order valence-electron chi connectivity index (χ3n) is 3.06. The van der Waals surface area contributed by atoms with Gasteiger partial charge in [0.05, 0.1) is 7.11 Å². The molecular formula is C17H15FO2. The van der Waals surface area contributed by atoms with E-state index < -0.39 is 5.97 Å². The number of carbonyl (C=O) groups is 1. The first-order chi connectivity index (χ1) is 9.63.